The molecule has 0 saturated heterocycles. The Morgan fingerprint density at radius 2 is 1.79 bits per heavy atom. The van der Waals surface area contributed by atoms with Gasteiger partial charge in [-0.25, -0.2) is 0 Å². The molecule has 1 aromatic carbocycles. The van der Waals surface area contributed by atoms with Gasteiger partial charge in [-0.15, -0.1) is 0 Å². The van der Waals surface area contributed by atoms with Crippen LogP contribution in [0, 0.1) is 0 Å². The SMILES string of the molecule is CC(C)c1ccc(C(=O)N(C)C(C)C(N)=NO)cc1. The number of hydrogen-bond donors (Lipinski definition) is 2. The van der Waals surface area contributed by atoms with Gasteiger partial charge in [-0.1, -0.05) is 31.1 Å². The minimum Gasteiger partial charge on any atom is -0.409 e. The fourth-order valence-electron chi connectivity index (χ4n) is 1.67. The van der Waals surface area contributed by atoms with Crippen LogP contribution in [0.15, 0.2) is 29.4 Å². The zero-order valence-electron chi connectivity index (χ0n) is 11.8. The molecular formula is C14H21N3O2. The van der Waals surface area contributed by atoms with Crippen molar-refractivity contribution in [1.82, 2.24) is 4.90 Å². The number of rotatable bonds is 4. The van der Waals surface area contributed by atoms with Crippen molar-refractivity contribution in [2.45, 2.75) is 32.7 Å². The first kappa shape index (κ1) is 15.0. The molecule has 0 aromatic heterocycles. The summed E-state index contributed by atoms with van der Waals surface area (Å²) in [6.07, 6.45) is 0. The van der Waals surface area contributed by atoms with Crippen LogP contribution in [0.25, 0.3) is 0 Å². The molecule has 1 rings (SSSR count). The summed E-state index contributed by atoms with van der Waals surface area (Å²) in [5.74, 6) is 0.280. The second-order valence-electron chi connectivity index (χ2n) is 4.89. The van der Waals surface area contributed by atoms with Gasteiger partial charge in [0.05, 0.1) is 6.04 Å². The first-order valence-electron chi connectivity index (χ1n) is 6.23. The lowest BCUT2D eigenvalue weighted by atomic mass is 10.0. The highest BCUT2D eigenvalue weighted by atomic mass is 16.4. The summed E-state index contributed by atoms with van der Waals surface area (Å²) >= 11 is 0. The number of carbonyl (C=O) groups excluding carboxylic acids is 1. The number of benzene rings is 1. The molecule has 3 N–H and O–H groups in total. The van der Waals surface area contributed by atoms with Gasteiger partial charge in [0.25, 0.3) is 5.91 Å². The third kappa shape index (κ3) is 3.47. The van der Waals surface area contributed by atoms with Crippen LogP contribution >= 0.6 is 0 Å². The summed E-state index contributed by atoms with van der Waals surface area (Å²) in [6, 6.07) is 7.03. The molecule has 1 unspecified atom stereocenters. The molecule has 5 heteroatoms. The molecule has 0 bridgehead atoms. The number of amides is 1. The second-order valence-corrected chi connectivity index (χ2v) is 4.89. The summed E-state index contributed by atoms with van der Waals surface area (Å²) in [5, 5.41) is 11.6. The topological polar surface area (TPSA) is 78.9 Å². The molecule has 0 fully saturated rings. The Kier molecular flexibility index (Phi) is 4.92. The minimum atomic E-state index is -0.456. The maximum absolute atomic E-state index is 12.2. The largest absolute Gasteiger partial charge is 0.409 e. The molecule has 104 valence electrons. The molecule has 1 amide bonds. The smallest absolute Gasteiger partial charge is 0.254 e. The van der Waals surface area contributed by atoms with Gasteiger partial charge in [0.1, 0.15) is 0 Å². The third-order valence-electron chi connectivity index (χ3n) is 3.27. The average molecular weight is 263 g/mol. The van der Waals surface area contributed by atoms with Crippen LogP contribution in [0.5, 0.6) is 0 Å². The van der Waals surface area contributed by atoms with E-state index in [1.807, 2.05) is 12.1 Å². The molecule has 0 saturated carbocycles. The molecule has 0 aliphatic heterocycles. The van der Waals surface area contributed by atoms with Crippen molar-refractivity contribution in [3.63, 3.8) is 0 Å². The minimum absolute atomic E-state index is 0.00894. The van der Waals surface area contributed by atoms with Crippen LogP contribution in [-0.2, 0) is 0 Å². The van der Waals surface area contributed by atoms with Crippen LogP contribution in [0.2, 0.25) is 0 Å². The van der Waals surface area contributed by atoms with Crippen LogP contribution in [0.1, 0.15) is 42.6 Å². The second kappa shape index (κ2) is 6.22. The summed E-state index contributed by atoms with van der Waals surface area (Å²) in [7, 11) is 1.63. The Hall–Kier alpha value is -2.04. The quantitative estimate of drug-likeness (QED) is 0.377. The number of carbonyl (C=O) groups is 1. The molecule has 19 heavy (non-hydrogen) atoms. The maximum Gasteiger partial charge on any atom is 0.254 e. The van der Waals surface area contributed by atoms with E-state index in [0.717, 1.165) is 0 Å². The first-order chi connectivity index (χ1) is 8.88. The van der Waals surface area contributed by atoms with E-state index >= 15 is 0 Å². The van der Waals surface area contributed by atoms with Crippen LogP contribution in [0.4, 0.5) is 0 Å². The number of nitrogens with zero attached hydrogens (tertiary/aromatic N) is 2. The van der Waals surface area contributed by atoms with E-state index in [-0.39, 0.29) is 11.7 Å². The summed E-state index contributed by atoms with van der Waals surface area (Å²) < 4.78 is 0. The summed E-state index contributed by atoms with van der Waals surface area (Å²) in [6.45, 7) is 5.91. The van der Waals surface area contributed by atoms with Gasteiger partial charge in [-0.2, -0.15) is 0 Å². The van der Waals surface area contributed by atoms with Gasteiger partial charge in [0.2, 0.25) is 0 Å². The lowest BCUT2D eigenvalue weighted by molar-refractivity contribution is 0.0776. The lowest BCUT2D eigenvalue weighted by Gasteiger charge is -2.23. The zero-order valence-corrected chi connectivity index (χ0v) is 11.8. The van der Waals surface area contributed by atoms with Gasteiger partial charge in [-0.3, -0.25) is 4.79 Å². The van der Waals surface area contributed by atoms with Crippen molar-refractivity contribution in [3.8, 4) is 0 Å². The Morgan fingerprint density at radius 1 is 1.26 bits per heavy atom. The molecule has 1 aromatic rings. The number of likely N-dealkylation sites (N-methyl/N-ethyl adjacent to an activating group) is 1. The van der Waals surface area contributed by atoms with Crippen LogP contribution in [-0.4, -0.2) is 34.9 Å². The molecule has 0 spiro atoms. The van der Waals surface area contributed by atoms with E-state index in [1.54, 1.807) is 26.1 Å². The highest BCUT2D eigenvalue weighted by Gasteiger charge is 2.20. The predicted molar refractivity (Wildman–Crippen MR) is 75.5 cm³/mol. The van der Waals surface area contributed by atoms with Crippen LogP contribution in [0.3, 0.4) is 0 Å². The van der Waals surface area contributed by atoms with Gasteiger partial charge in [0, 0.05) is 12.6 Å². The van der Waals surface area contributed by atoms with Gasteiger partial charge >= 0.3 is 0 Å². The van der Waals surface area contributed by atoms with Crippen molar-refractivity contribution >= 4 is 11.7 Å². The highest BCUT2D eigenvalue weighted by molar-refractivity contribution is 5.97. The van der Waals surface area contributed by atoms with Crippen molar-refractivity contribution in [1.29, 1.82) is 0 Å². The van der Waals surface area contributed by atoms with Crippen molar-refractivity contribution in [2.24, 2.45) is 10.9 Å². The lowest BCUT2D eigenvalue weighted by Crippen LogP contribution is -2.43. The molecular weight excluding hydrogens is 242 g/mol. The standard InChI is InChI=1S/C14H21N3O2/c1-9(2)11-5-7-12(8-6-11)14(18)17(4)10(3)13(15)16-19/h5-10,19H,1-4H3,(H2,15,16). The summed E-state index contributed by atoms with van der Waals surface area (Å²) in [5.41, 5.74) is 7.27. The van der Waals surface area contributed by atoms with E-state index in [0.29, 0.717) is 11.5 Å². The Bertz CT molecular complexity index is 466. The molecule has 0 heterocycles. The maximum atomic E-state index is 12.2. The van der Waals surface area contributed by atoms with Gasteiger partial charge < -0.3 is 15.8 Å². The van der Waals surface area contributed by atoms with Crippen molar-refractivity contribution in [2.75, 3.05) is 7.05 Å². The fourth-order valence-corrected chi connectivity index (χ4v) is 1.67. The third-order valence-corrected chi connectivity index (χ3v) is 3.27. The van der Waals surface area contributed by atoms with Gasteiger partial charge in [-0.05, 0) is 30.5 Å². The van der Waals surface area contributed by atoms with Crippen molar-refractivity contribution in [3.05, 3.63) is 35.4 Å². The number of amidine groups is 1. The first-order valence-corrected chi connectivity index (χ1v) is 6.23. The van der Waals surface area contributed by atoms with E-state index < -0.39 is 6.04 Å². The molecule has 5 nitrogen and oxygen atoms in total. The monoisotopic (exact) mass is 263 g/mol. The van der Waals surface area contributed by atoms with E-state index in [2.05, 4.69) is 19.0 Å². The van der Waals surface area contributed by atoms with E-state index in [1.165, 1.54) is 10.5 Å². The summed E-state index contributed by atoms with van der Waals surface area (Å²) in [4.78, 5) is 13.7. The average Bonchev–Trinajstić information content (AvgIpc) is 2.44. The number of oxime groups is 1. The highest BCUT2D eigenvalue weighted by Crippen LogP contribution is 2.16. The van der Waals surface area contributed by atoms with Crippen LogP contribution < -0.4 is 5.73 Å². The normalized spacial score (nSPS) is 13.4. The Balaban J connectivity index is 2.88. The Morgan fingerprint density at radius 3 is 2.21 bits per heavy atom. The van der Waals surface area contributed by atoms with E-state index in [4.69, 9.17) is 10.9 Å². The van der Waals surface area contributed by atoms with E-state index in [9.17, 15) is 4.79 Å². The molecule has 1 atom stereocenters. The molecule has 0 aliphatic rings. The zero-order chi connectivity index (χ0) is 14.6. The van der Waals surface area contributed by atoms with Crippen molar-refractivity contribution < 1.29 is 10.0 Å². The predicted octanol–water partition coefficient (Wildman–Crippen LogP) is 2.02. The Labute approximate surface area is 113 Å². The number of nitrogens with two attached hydrogens (primary N) is 1. The molecule has 0 radical (unpaired) electrons. The molecule has 0 aliphatic carbocycles. The fraction of sp³-hybridized carbons (Fsp3) is 0.429. The number of hydrogen-bond acceptors (Lipinski definition) is 3. The van der Waals surface area contributed by atoms with Gasteiger partial charge in [0.15, 0.2) is 5.84 Å².